The van der Waals surface area contributed by atoms with Gasteiger partial charge in [-0.05, 0) is 32.0 Å². The SMILES string of the molecule is C=CC(C)(O)[C@@H](C)[C@H](OC)C(C)C(C#CC)O[Si](C)(C)C(C)(C)C. The molecular formula is C20H38O3Si. The maximum atomic E-state index is 10.5. The molecule has 24 heavy (non-hydrogen) atoms. The summed E-state index contributed by atoms with van der Waals surface area (Å²) in [5.41, 5.74) is -1.00. The number of aliphatic hydroxyl groups is 1. The summed E-state index contributed by atoms with van der Waals surface area (Å²) in [5, 5.41) is 10.7. The molecule has 0 aromatic rings. The molecule has 3 nitrogen and oxygen atoms in total. The van der Waals surface area contributed by atoms with Gasteiger partial charge in [0.2, 0.25) is 0 Å². The molecule has 0 heterocycles. The first-order valence-electron chi connectivity index (χ1n) is 8.74. The van der Waals surface area contributed by atoms with Crippen molar-refractivity contribution in [1.82, 2.24) is 0 Å². The van der Waals surface area contributed by atoms with Crippen molar-refractivity contribution in [3.05, 3.63) is 12.7 Å². The molecule has 0 radical (unpaired) electrons. The summed E-state index contributed by atoms with van der Waals surface area (Å²) < 4.78 is 12.3. The molecule has 0 aliphatic rings. The first-order chi connectivity index (χ1) is 10.7. The van der Waals surface area contributed by atoms with E-state index in [4.69, 9.17) is 9.16 Å². The predicted octanol–water partition coefficient (Wildman–Crippen LogP) is 4.62. The Morgan fingerprint density at radius 1 is 1.17 bits per heavy atom. The second kappa shape index (κ2) is 8.67. The van der Waals surface area contributed by atoms with Gasteiger partial charge in [-0.2, -0.15) is 0 Å². The van der Waals surface area contributed by atoms with Crippen molar-refractivity contribution in [2.75, 3.05) is 7.11 Å². The Morgan fingerprint density at radius 3 is 2.00 bits per heavy atom. The Hall–Kier alpha value is -0.603. The minimum Gasteiger partial charge on any atom is -0.403 e. The minimum atomic E-state index is -1.96. The van der Waals surface area contributed by atoms with Crippen molar-refractivity contribution in [1.29, 1.82) is 0 Å². The summed E-state index contributed by atoms with van der Waals surface area (Å²) >= 11 is 0. The number of rotatable bonds is 8. The highest BCUT2D eigenvalue weighted by Gasteiger charge is 2.43. The minimum absolute atomic E-state index is 0.0259. The molecule has 0 aliphatic carbocycles. The first kappa shape index (κ1) is 23.4. The molecule has 0 aromatic heterocycles. The maximum absolute atomic E-state index is 10.5. The molecule has 140 valence electrons. The Morgan fingerprint density at radius 2 is 1.67 bits per heavy atom. The van der Waals surface area contributed by atoms with Crippen LogP contribution in [-0.2, 0) is 9.16 Å². The normalized spacial score (nSPS) is 20.1. The highest BCUT2D eigenvalue weighted by molar-refractivity contribution is 6.74. The molecule has 5 atom stereocenters. The van der Waals surface area contributed by atoms with Gasteiger partial charge in [0.15, 0.2) is 8.32 Å². The van der Waals surface area contributed by atoms with Crippen molar-refractivity contribution in [2.24, 2.45) is 11.8 Å². The van der Waals surface area contributed by atoms with Gasteiger partial charge < -0.3 is 14.3 Å². The molecule has 0 bridgehead atoms. The third kappa shape index (κ3) is 5.74. The van der Waals surface area contributed by atoms with E-state index >= 15 is 0 Å². The second-order valence-corrected chi connectivity index (χ2v) is 13.2. The van der Waals surface area contributed by atoms with Crippen LogP contribution in [0, 0.1) is 23.7 Å². The van der Waals surface area contributed by atoms with Gasteiger partial charge in [-0.25, -0.2) is 0 Å². The Bertz CT molecular complexity index is 466. The van der Waals surface area contributed by atoms with Crippen molar-refractivity contribution >= 4 is 8.32 Å². The fourth-order valence-corrected chi connectivity index (χ4v) is 3.73. The zero-order chi connectivity index (χ0) is 19.3. The summed E-state index contributed by atoms with van der Waals surface area (Å²) in [4.78, 5) is 0. The van der Waals surface area contributed by atoms with Crippen molar-refractivity contribution in [3.8, 4) is 11.8 Å². The van der Waals surface area contributed by atoms with Gasteiger partial charge in [-0.15, -0.1) is 12.5 Å². The highest BCUT2D eigenvalue weighted by atomic mass is 28.4. The molecule has 0 aliphatic heterocycles. The van der Waals surface area contributed by atoms with Gasteiger partial charge in [0, 0.05) is 18.9 Å². The first-order valence-corrected chi connectivity index (χ1v) is 11.6. The molecule has 0 saturated heterocycles. The third-order valence-corrected chi connectivity index (χ3v) is 10.1. The molecule has 0 rings (SSSR count). The van der Waals surface area contributed by atoms with Crippen molar-refractivity contribution in [3.63, 3.8) is 0 Å². The molecule has 0 spiro atoms. The topological polar surface area (TPSA) is 38.7 Å². The van der Waals surface area contributed by atoms with Gasteiger partial charge in [0.1, 0.15) is 6.10 Å². The second-order valence-electron chi connectivity index (χ2n) is 8.47. The van der Waals surface area contributed by atoms with Crippen LogP contribution in [0.1, 0.15) is 48.5 Å². The maximum Gasteiger partial charge on any atom is 0.193 e. The molecule has 1 N–H and O–H groups in total. The standard InChI is InChI=1S/C20H38O3Si/c1-12-14-17(23-24(10,11)19(5,6)7)15(3)18(22-9)16(4)20(8,21)13-2/h13,15-18,21H,2H2,1,3-11H3/t15?,16-,17?,18+,20?/m0/s1. The van der Waals surface area contributed by atoms with Crippen LogP contribution in [0.15, 0.2) is 12.7 Å². The third-order valence-electron chi connectivity index (χ3n) is 5.61. The van der Waals surface area contributed by atoms with Gasteiger partial charge >= 0.3 is 0 Å². The quantitative estimate of drug-likeness (QED) is 0.392. The lowest BCUT2D eigenvalue weighted by molar-refractivity contribution is -0.0747. The van der Waals surface area contributed by atoms with E-state index in [1.165, 1.54) is 0 Å². The molecule has 0 aromatic carbocycles. The summed E-state index contributed by atoms with van der Waals surface area (Å²) in [6.07, 6.45) is 1.17. The molecular weight excluding hydrogens is 316 g/mol. The Kier molecular flexibility index (Phi) is 8.45. The number of hydrogen-bond donors (Lipinski definition) is 1. The number of ether oxygens (including phenoxy) is 1. The fourth-order valence-electron chi connectivity index (χ4n) is 2.47. The van der Waals surface area contributed by atoms with E-state index in [9.17, 15) is 5.11 Å². The molecule has 0 amide bonds. The van der Waals surface area contributed by atoms with Gasteiger partial charge in [-0.1, -0.05) is 46.6 Å². The average molecular weight is 355 g/mol. The summed E-state index contributed by atoms with van der Waals surface area (Å²) in [6, 6.07) is 0. The van der Waals surface area contributed by atoms with Crippen LogP contribution in [0.5, 0.6) is 0 Å². The van der Waals surface area contributed by atoms with Crippen LogP contribution in [0.3, 0.4) is 0 Å². The number of hydrogen-bond acceptors (Lipinski definition) is 3. The largest absolute Gasteiger partial charge is 0.403 e. The molecule has 0 saturated carbocycles. The smallest absolute Gasteiger partial charge is 0.193 e. The van der Waals surface area contributed by atoms with E-state index in [0.29, 0.717) is 0 Å². The number of methoxy groups -OCH3 is 1. The average Bonchev–Trinajstić information content (AvgIpc) is 2.45. The van der Waals surface area contributed by atoms with Gasteiger partial charge in [0.25, 0.3) is 0 Å². The van der Waals surface area contributed by atoms with Gasteiger partial charge in [0.05, 0.1) is 11.7 Å². The van der Waals surface area contributed by atoms with Crippen LogP contribution in [0.2, 0.25) is 18.1 Å². The van der Waals surface area contributed by atoms with E-state index in [0.717, 1.165) is 0 Å². The molecule has 3 unspecified atom stereocenters. The van der Waals surface area contributed by atoms with E-state index in [1.807, 2.05) is 13.8 Å². The zero-order valence-corrected chi connectivity index (χ0v) is 18.4. The molecule has 4 heteroatoms. The Balaban J connectivity index is 5.57. The van der Waals surface area contributed by atoms with Crippen molar-refractivity contribution in [2.45, 2.75) is 84.4 Å². The summed E-state index contributed by atoms with van der Waals surface area (Å²) in [7, 11) is -0.276. The summed E-state index contributed by atoms with van der Waals surface area (Å²) in [6.45, 7) is 22.5. The zero-order valence-electron chi connectivity index (χ0n) is 17.4. The Labute approximate surface area is 151 Å². The lowest BCUT2D eigenvalue weighted by Crippen LogP contribution is -2.50. The van der Waals surface area contributed by atoms with Crippen LogP contribution >= 0.6 is 0 Å². The van der Waals surface area contributed by atoms with E-state index in [-0.39, 0.29) is 29.1 Å². The van der Waals surface area contributed by atoms with Crippen LogP contribution in [0.4, 0.5) is 0 Å². The monoisotopic (exact) mass is 354 g/mol. The lowest BCUT2D eigenvalue weighted by Gasteiger charge is -2.42. The van der Waals surface area contributed by atoms with Crippen LogP contribution in [0.25, 0.3) is 0 Å². The van der Waals surface area contributed by atoms with E-state index < -0.39 is 13.9 Å². The van der Waals surface area contributed by atoms with Crippen LogP contribution in [-0.4, -0.2) is 38.3 Å². The predicted molar refractivity (Wildman–Crippen MR) is 105 cm³/mol. The van der Waals surface area contributed by atoms with E-state index in [1.54, 1.807) is 20.1 Å². The summed E-state index contributed by atoms with van der Waals surface area (Å²) in [5.74, 6) is 6.13. The lowest BCUT2D eigenvalue weighted by atomic mass is 9.79. The molecule has 0 fully saturated rings. The van der Waals surface area contributed by atoms with Crippen LogP contribution < -0.4 is 0 Å². The van der Waals surface area contributed by atoms with Gasteiger partial charge in [-0.3, -0.25) is 0 Å². The highest BCUT2D eigenvalue weighted by Crippen LogP contribution is 2.39. The fraction of sp³-hybridized carbons (Fsp3) is 0.800. The van der Waals surface area contributed by atoms with Crippen molar-refractivity contribution < 1.29 is 14.3 Å². The van der Waals surface area contributed by atoms with E-state index in [2.05, 4.69) is 59.2 Å².